The van der Waals surface area contributed by atoms with Gasteiger partial charge >= 0.3 is 0 Å². The second-order valence-electron chi connectivity index (χ2n) is 4.95. The number of amides is 1. The first-order chi connectivity index (χ1) is 10.1. The van der Waals surface area contributed by atoms with Crippen LogP contribution in [0.4, 0.5) is 5.95 Å². The average Bonchev–Trinajstić information content (AvgIpc) is 2.47. The first-order valence-corrected chi connectivity index (χ1v) is 6.82. The van der Waals surface area contributed by atoms with Gasteiger partial charge in [-0.15, -0.1) is 0 Å². The molecule has 0 radical (unpaired) electrons. The summed E-state index contributed by atoms with van der Waals surface area (Å²) >= 11 is 0. The smallest absolute Gasteiger partial charge is 0.229 e. The number of hydrogen-bond acceptors (Lipinski definition) is 4. The van der Waals surface area contributed by atoms with Crippen LogP contribution in [0.25, 0.3) is 0 Å². The lowest BCUT2D eigenvalue weighted by molar-refractivity contribution is -0.116. The van der Waals surface area contributed by atoms with Gasteiger partial charge in [-0.25, -0.2) is 9.97 Å². The van der Waals surface area contributed by atoms with Crippen molar-refractivity contribution in [2.45, 2.75) is 26.2 Å². The Morgan fingerprint density at radius 1 is 1.29 bits per heavy atom. The van der Waals surface area contributed by atoms with E-state index in [4.69, 9.17) is 4.74 Å². The normalized spacial score (nSPS) is 11.8. The van der Waals surface area contributed by atoms with E-state index in [2.05, 4.69) is 15.3 Å². The molecule has 0 fully saturated rings. The van der Waals surface area contributed by atoms with Gasteiger partial charge in [0, 0.05) is 18.3 Å². The summed E-state index contributed by atoms with van der Waals surface area (Å²) in [6.45, 7) is 3.87. The van der Waals surface area contributed by atoms with Crippen molar-refractivity contribution in [3.63, 3.8) is 0 Å². The maximum atomic E-state index is 12.0. The third-order valence-electron chi connectivity index (χ3n) is 3.22. The molecule has 1 N–H and O–H groups in total. The van der Waals surface area contributed by atoms with Crippen molar-refractivity contribution in [3.8, 4) is 5.75 Å². The summed E-state index contributed by atoms with van der Waals surface area (Å²) in [6, 6.07) is 9.52. The lowest BCUT2D eigenvalue weighted by Gasteiger charge is -2.12. The molecule has 0 aliphatic heterocycles. The van der Waals surface area contributed by atoms with Gasteiger partial charge in [0.2, 0.25) is 11.9 Å². The Balaban J connectivity index is 1.95. The molecule has 0 spiro atoms. The number of carbonyl (C=O) groups excluding carboxylic acids is 1. The Bertz CT molecular complexity index is 611. The van der Waals surface area contributed by atoms with Gasteiger partial charge < -0.3 is 4.74 Å². The molecule has 2 rings (SSSR count). The number of nitrogens with one attached hydrogen (secondary N) is 1. The summed E-state index contributed by atoms with van der Waals surface area (Å²) in [5.41, 5.74) is 1.92. The van der Waals surface area contributed by atoms with Gasteiger partial charge in [-0.05, 0) is 36.6 Å². The van der Waals surface area contributed by atoms with Crippen molar-refractivity contribution in [2.24, 2.45) is 0 Å². The molecule has 5 nitrogen and oxygen atoms in total. The van der Waals surface area contributed by atoms with E-state index in [0.29, 0.717) is 12.4 Å². The van der Waals surface area contributed by atoms with Gasteiger partial charge in [-0.2, -0.15) is 0 Å². The van der Waals surface area contributed by atoms with E-state index in [0.717, 1.165) is 17.0 Å². The largest absolute Gasteiger partial charge is 0.497 e. The van der Waals surface area contributed by atoms with Gasteiger partial charge in [-0.1, -0.05) is 19.1 Å². The van der Waals surface area contributed by atoms with Crippen LogP contribution in [0.1, 0.15) is 30.5 Å². The first-order valence-electron chi connectivity index (χ1n) is 6.82. The summed E-state index contributed by atoms with van der Waals surface area (Å²) < 4.78 is 5.12. The minimum absolute atomic E-state index is 0.0936. The van der Waals surface area contributed by atoms with Gasteiger partial charge in [0.25, 0.3) is 0 Å². The molecule has 0 aliphatic carbocycles. The van der Waals surface area contributed by atoms with Crippen LogP contribution in [0.3, 0.4) is 0 Å². The van der Waals surface area contributed by atoms with E-state index in [9.17, 15) is 4.79 Å². The molecule has 0 saturated heterocycles. The zero-order chi connectivity index (χ0) is 15.2. The number of carbonyl (C=O) groups is 1. The first kappa shape index (κ1) is 15.0. The molecule has 1 aromatic carbocycles. The Morgan fingerprint density at radius 3 is 2.62 bits per heavy atom. The zero-order valence-corrected chi connectivity index (χ0v) is 12.5. The third kappa shape index (κ3) is 4.27. The molecule has 5 heteroatoms. The second kappa shape index (κ2) is 6.83. The minimum Gasteiger partial charge on any atom is -0.497 e. The highest BCUT2D eigenvalue weighted by molar-refractivity contribution is 5.89. The topological polar surface area (TPSA) is 64.1 Å². The van der Waals surface area contributed by atoms with Crippen molar-refractivity contribution in [3.05, 3.63) is 47.8 Å². The fourth-order valence-corrected chi connectivity index (χ4v) is 2.01. The molecule has 1 aromatic heterocycles. The molecular formula is C16H19N3O2. The molecule has 1 atom stereocenters. The zero-order valence-electron chi connectivity index (χ0n) is 12.5. The lowest BCUT2D eigenvalue weighted by atomic mass is 9.97. The molecule has 110 valence electrons. The summed E-state index contributed by atoms with van der Waals surface area (Å²) in [6.07, 6.45) is 2.01. The molecule has 1 heterocycles. The number of ether oxygens (including phenoxy) is 1. The Kier molecular flexibility index (Phi) is 4.87. The van der Waals surface area contributed by atoms with E-state index < -0.39 is 0 Å². The van der Waals surface area contributed by atoms with Gasteiger partial charge in [0.05, 0.1) is 7.11 Å². The maximum Gasteiger partial charge on any atom is 0.229 e. The van der Waals surface area contributed by atoms with Crippen LogP contribution >= 0.6 is 0 Å². The van der Waals surface area contributed by atoms with E-state index >= 15 is 0 Å². The predicted octanol–water partition coefficient (Wildman–Crippen LogP) is 2.93. The monoisotopic (exact) mass is 285 g/mol. The highest BCUT2D eigenvalue weighted by Gasteiger charge is 2.12. The molecule has 21 heavy (non-hydrogen) atoms. The molecule has 2 aromatic rings. The average molecular weight is 285 g/mol. The van der Waals surface area contributed by atoms with E-state index in [1.807, 2.05) is 38.1 Å². The van der Waals surface area contributed by atoms with E-state index in [1.165, 1.54) is 0 Å². The number of nitrogens with zero attached hydrogens (tertiary/aromatic N) is 2. The van der Waals surface area contributed by atoms with Crippen LogP contribution in [-0.2, 0) is 4.79 Å². The van der Waals surface area contributed by atoms with Crippen molar-refractivity contribution < 1.29 is 9.53 Å². The predicted molar refractivity (Wildman–Crippen MR) is 81.4 cm³/mol. The van der Waals surface area contributed by atoms with Crippen molar-refractivity contribution in [1.82, 2.24) is 9.97 Å². The molecule has 0 unspecified atom stereocenters. The highest BCUT2D eigenvalue weighted by Crippen LogP contribution is 2.22. The summed E-state index contributed by atoms with van der Waals surface area (Å²) in [7, 11) is 1.63. The van der Waals surface area contributed by atoms with Crippen LogP contribution in [-0.4, -0.2) is 23.0 Å². The SMILES string of the molecule is COc1ccc([C@H](C)CC(=O)Nc2nccc(C)n2)cc1. The Labute approximate surface area is 124 Å². The number of methoxy groups -OCH3 is 1. The van der Waals surface area contributed by atoms with Crippen molar-refractivity contribution >= 4 is 11.9 Å². The quantitative estimate of drug-likeness (QED) is 0.917. The fourth-order valence-electron chi connectivity index (χ4n) is 2.01. The number of rotatable bonds is 5. The molecular weight excluding hydrogens is 266 g/mol. The Hall–Kier alpha value is -2.43. The van der Waals surface area contributed by atoms with Gasteiger partial charge in [0.1, 0.15) is 5.75 Å². The number of anilines is 1. The minimum atomic E-state index is -0.0936. The standard InChI is InChI=1S/C16H19N3O2/c1-11(13-4-6-14(21-3)7-5-13)10-15(20)19-16-17-9-8-12(2)18-16/h4-9,11H,10H2,1-3H3,(H,17,18,19,20)/t11-/m1/s1. The third-order valence-corrected chi connectivity index (χ3v) is 3.22. The van der Waals surface area contributed by atoms with Gasteiger partial charge in [-0.3, -0.25) is 10.1 Å². The lowest BCUT2D eigenvalue weighted by Crippen LogP contribution is -2.16. The van der Waals surface area contributed by atoms with E-state index in [-0.39, 0.29) is 11.8 Å². The Morgan fingerprint density at radius 2 is 2.00 bits per heavy atom. The number of benzene rings is 1. The molecule has 0 aliphatic rings. The summed E-state index contributed by atoms with van der Waals surface area (Å²) in [5, 5.41) is 2.72. The van der Waals surface area contributed by atoms with Gasteiger partial charge in [0.15, 0.2) is 0 Å². The van der Waals surface area contributed by atoms with Crippen LogP contribution < -0.4 is 10.1 Å². The molecule has 0 bridgehead atoms. The number of aryl methyl sites for hydroxylation is 1. The van der Waals surface area contributed by atoms with E-state index in [1.54, 1.807) is 19.4 Å². The summed E-state index contributed by atoms with van der Waals surface area (Å²) in [5.74, 6) is 1.18. The number of hydrogen-bond donors (Lipinski definition) is 1. The van der Waals surface area contributed by atoms with Crippen molar-refractivity contribution in [2.75, 3.05) is 12.4 Å². The van der Waals surface area contributed by atoms with Crippen LogP contribution in [0.5, 0.6) is 5.75 Å². The fraction of sp³-hybridized carbons (Fsp3) is 0.312. The summed E-state index contributed by atoms with van der Waals surface area (Å²) in [4.78, 5) is 20.2. The molecule has 0 saturated carbocycles. The molecule has 1 amide bonds. The number of aromatic nitrogens is 2. The van der Waals surface area contributed by atoms with Crippen LogP contribution in [0.2, 0.25) is 0 Å². The maximum absolute atomic E-state index is 12.0. The van der Waals surface area contributed by atoms with Crippen LogP contribution in [0.15, 0.2) is 36.5 Å². The second-order valence-corrected chi connectivity index (χ2v) is 4.95. The van der Waals surface area contributed by atoms with Crippen molar-refractivity contribution in [1.29, 1.82) is 0 Å². The highest BCUT2D eigenvalue weighted by atomic mass is 16.5. The van der Waals surface area contributed by atoms with Crippen LogP contribution in [0, 0.1) is 6.92 Å².